The fraction of sp³-hybridized carbons (Fsp3) is 0.655. The highest BCUT2D eigenvalue weighted by Crippen LogP contribution is 2.23. The molecule has 0 aromatic rings. The van der Waals surface area contributed by atoms with E-state index in [0.717, 1.165) is 122 Å². The van der Waals surface area contributed by atoms with Gasteiger partial charge in [-0.2, -0.15) is 0 Å². The lowest BCUT2D eigenvalue weighted by Gasteiger charge is -2.40. The minimum Gasteiger partial charge on any atom is -0.394 e. The maximum Gasteiger partial charge on any atom is 0.220 e. The van der Waals surface area contributed by atoms with Crippen LogP contribution in [0.4, 0.5) is 0 Å². The summed E-state index contributed by atoms with van der Waals surface area (Å²) < 4.78 is 11.2. The van der Waals surface area contributed by atoms with Crippen LogP contribution in [0.1, 0.15) is 174 Å². The third-order valence-electron chi connectivity index (χ3n) is 11.1. The van der Waals surface area contributed by atoms with Gasteiger partial charge in [-0.3, -0.25) is 4.79 Å². The molecular formula is C55H91NO8. The van der Waals surface area contributed by atoms with Gasteiger partial charge in [-0.1, -0.05) is 194 Å². The lowest BCUT2D eigenvalue weighted by molar-refractivity contribution is -0.302. The number of rotatable bonds is 40. The van der Waals surface area contributed by atoms with Crippen LogP contribution in [0.5, 0.6) is 0 Å². The van der Waals surface area contributed by atoms with Gasteiger partial charge in [-0.15, -0.1) is 0 Å². The molecule has 64 heavy (non-hydrogen) atoms. The average Bonchev–Trinajstić information content (AvgIpc) is 3.29. The molecule has 0 bridgehead atoms. The Labute approximate surface area is 389 Å². The van der Waals surface area contributed by atoms with Crippen molar-refractivity contribution in [3.63, 3.8) is 0 Å². The second-order valence-electron chi connectivity index (χ2n) is 16.9. The smallest absolute Gasteiger partial charge is 0.220 e. The molecule has 9 nitrogen and oxygen atoms in total. The summed E-state index contributed by atoms with van der Waals surface area (Å²) >= 11 is 0. The monoisotopic (exact) mass is 894 g/mol. The molecule has 0 aromatic carbocycles. The van der Waals surface area contributed by atoms with Crippen LogP contribution in [0.25, 0.3) is 0 Å². The van der Waals surface area contributed by atoms with Crippen LogP contribution in [0.3, 0.4) is 0 Å². The highest BCUT2D eigenvalue weighted by molar-refractivity contribution is 5.76. The van der Waals surface area contributed by atoms with Crippen LogP contribution < -0.4 is 5.32 Å². The molecule has 1 heterocycles. The van der Waals surface area contributed by atoms with Crippen molar-refractivity contribution >= 4 is 5.91 Å². The zero-order valence-corrected chi connectivity index (χ0v) is 40.0. The first kappa shape index (κ1) is 58.9. The van der Waals surface area contributed by atoms with Gasteiger partial charge in [0.25, 0.3) is 0 Å². The van der Waals surface area contributed by atoms with Crippen LogP contribution in [0, 0.1) is 0 Å². The van der Waals surface area contributed by atoms with E-state index in [1.807, 2.05) is 0 Å². The van der Waals surface area contributed by atoms with Crippen molar-refractivity contribution in [2.45, 2.75) is 217 Å². The molecule has 1 aliphatic heterocycles. The molecule has 7 atom stereocenters. The third kappa shape index (κ3) is 33.3. The number of allylic oxidation sites excluding steroid dienone is 18. The van der Waals surface area contributed by atoms with Crippen molar-refractivity contribution in [3.05, 3.63) is 109 Å². The van der Waals surface area contributed by atoms with Crippen molar-refractivity contribution in [3.8, 4) is 0 Å². The molecule has 7 unspecified atom stereocenters. The van der Waals surface area contributed by atoms with E-state index in [-0.39, 0.29) is 12.5 Å². The average molecular weight is 894 g/mol. The summed E-state index contributed by atoms with van der Waals surface area (Å²) in [5.41, 5.74) is 0. The summed E-state index contributed by atoms with van der Waals surface area (Å²) in [5.74, 6) is -0.167. The van der Waals surface area contributed by atoms with Gasteiger partial charge >= 0.3 is 0 Å². The Morgan fingerprint density at radius 1 is 0.547 bits per heavy atom. The molecule has 1 fully saturated rings. The molecule has 0 aromatic heterocycles. The van der Waals surface area contributed by atoms with Crippen LogP contribution in [0.2, 0.25) is 0 Å². The minimum absolute atomic E-state index is 0.151. The second kappa shape index (κ2) is 43.7. The van der Waals surface area contributed by atoms with Crippen molar-refractivity contribution in [2.75, 3.05) is 13.2 Å². The Bertz CT molecular complexity index is 1360. The quantitative estimate of drug-likeness (QED) is 0.0263. The Morgan fingerprint density at radius 3 is 1.44 bits per heavy atom. The highest BCUT2D eigenvalue weighted by atomic mass is 16.7. The molecular weight excluding hydrogens is 803 g/mol. The fourth-order valence-corrected chi connectivity index (χ4v) is 7.15. The number of carbonyl (C=O) groups is 1. The SMILES string of the molecule is CC/C=C\C/C=C\C/C=C\C/C=C\C/C=C\C/C=C\C/C=C\C/C=C\C/C=C\CCCCCCCCCC(=O)NC(COC1OC(CO)C(O)C(O)C1O)C(O)CCCCCCCC. The number of unbranched alkanes of at least 4 members (excludes halogenated alkanes) is 12. The molecule has 9 heteroatoms. The standard InChI is InChI=1S/C55H91NO8/c1-3-5-7-9-11-12-13-14-15-16-17-18-19-20-21-22-23-24-25-26-27-28-29-30-31-32-33-34-35-36-37-38-39-41-43-45-51(59)56-48(49(58)44-42-40-10-8-6-4-2)47-63-55-54(62)53(61)52(60)50(46-57)64-55/h5,7,11-12,14-15,17-18,20-21,23-24,26-27,29-30,32-33,48-50,52-55,57-58,60-62H,3-4,6,8-10,13,16,19,22,25,28,31,34-47H2,1-2H3,(H,56,59)/b7-5-,12-11-,15-14-,18-17-,21-20-,24-23-,27-26-,30-29-,33-32-. The normalized spacial score (nSPS) is 21.0. The number of carbonyl (C=O) groups excluding carboxylic acids is 1. The van der Waals surface area contributed by atoms with E-state index in [2.05, 4.69) is 129 Å². The summed E-state index contributed by atoms with van der Waals surface area (Å²) in [6.45, 7) is 3.62. The first-order valence-corrected chi connectivity index (χ1v) is 25.1. The predicted molar refractivity (Wildman–Crippen MR) is 267 cm³/mol. The van der Waals surface area contributed by atoms with Crippen LogP contribution in [-0.2, 0) is 14.3 Å². The van der Waals surface area contributed by atoms with Gasteiger partial charge in [-0.25, -0.2) is 0 Å². The van der Waals surface area contributed by atoms with Crippen molar-refractivity contribution in [1.82, 2.24) is 5.32 Å². The van der Waals surface area contributed by atoms with Gasteiger partial charge in [0.1, 0.15) is 24.4 Å². The molecule has 0 radical (unpaired) electrons. The number of hydrogen-bond donors (Lipinski definition) is 6. The Morgan fingerprint density at radius 2 is 0.969 bits per heavy atom. The summed E-state index contributed by atoms with van der Waals surface area (Å²) in [6.07, 6.45) is 57.2. The number of aliphatic hydroxyl groups excluding tert-OH is 5. The highest BCUT2D eigenvalue weighted by Gasteiger charge is 2.44. The van der Waals surface area contributed by atoms with Crippen molar-refractivity contribution in [1.29, 1.82) is 0 Å². The summed E-state index contributed by atoms with van der Waals surface area (Å²) in [4.78, 5) is 12.9. The first-order valence-electron chi connectivity index (χ1n) is 25.1. The number of ether oxygens (including phenoxy) is 2. The summed E-state index contributed by atoms with van der Waals surface area (Å²) in [6, 6.07) is -0.729. The topological polar surface area (TPSA) is 149 Å². The van der Waals surface area contributed by atoms with E-state index in [4.69, 9.17) is 9.47 Å². The Hall–Kier alpha value is -3.15. The number of hydrogen-bond acceptors (Lipinski definition) is 8. The molecule has 1 amide bonds. The zero-order valence-electron chi connectivity index (χ0n) is 40.0. The van der Waals surface area contributed by atoms with E-state index in [1.165, 1.54) is 25.7 Å². The van der Waals surface area contributed by atoms with Crippen LogP contribution in [-0.4, -0.2) is 87.5 Å². The Balaban J connectivity index is 2.13. The van der Waals surface area contributed by atoms with Crippen molar-refractivity contribution in [2.24, 2.45) is 0 Å². The van der Waals surface area contributed by atoms with E-state index >= 15 is 0 Å². The Kier molecular flexibility index (Phi) is 40.2. The minimum atomic E-state index is -1.56. The largest absolute Gasteiger partial charge is 0.394 e. The number of nitrogens with one attached hydrogen (secondary N) is 1. The molecule has 1 rings (SSSR count). The number of aliphatic hydroxyl groups is 5. The van der Waals surface area contributed by atoms with Gasteiger partial charge in [0, 0.05) is 6.42 Å². The lowest BCUT2D eigenvalue weighted by atomic mass is 9.99. The molecule has 364 valence electrons. The van der Waals surface area contributed by atoms with E-state index < -0.39 is 49.5 Å². The second-order valence-corrected chi connectivity index (χ2v) is 16.9. The number of amides is 1. The molecule has 1 saturated heterocycles. The predicted octanol–water partition coefficient (Wildman–Crippen LogP) is 11.4. The molecule has 0 spiro atoms. The molecule has 0 saturated carbocycles. The van der Waals surface area contributed by atoms with Crippen molar-refractivity contribution < 1.29 is 39.8 Å². The first-order chi connectivity index (χ1) is 31.3. The zero-order chi connectivity index (χ0) is 46.6. The molecule has 1 aliphatic rings. The van der Waals surface area contributed by atoms with Crippen LogP contribution >= 0.6 is 0 Å². The van der Waals surface area contributed by atoms with E-state index in [1.54, 1.807) is 0 Å². The fourth-order valence-electron chi connectivity index (χ4n) is 7.15. The van der Waals surface area contributed by atoms with E-state index in [0.29, 0.717) is 12.8 Å². The summed E-state index contributed by atoms with van der Waals surface area (Å²) in [7, 11) is 0. The van der Waals surface area contributed by atoms with Gasteiger partial charge in [0.05, 0.1) is 25.4 Å². The van der Waals surface area contributed by atoms with Crippen LogP contribution in [0.15, 0.2) is 109 Å². The molecule has 6 N–H and O–H groups in total. The maximum absolute atomic E-state index is 12.9. The lowest BCUT2D eigenvalue weighted by Crippen LogP contribution is -2.60. The van der Waals surface area contributed by atoms with Gasteiger partial charge < -0.3 is 40.3 Å². The maximum atomic E-state index is 12.9. The summed E-state index contributed by atoms with van der Waals surface area (Å²) in [5, 5.41) is 54.0. The van der Waals surface area contributed by atoms with Gasteiger partial charge in [-0.05, 0) is 83.5 Å². The van der Waals surface area contributed by atoms with Gasteiger partial charge in [0.2, 0.25) is 5.91 Å². The van der Waals surface area contributed by atoms with Gasteiger partial charge in [0.15, 0.2) is 6.29 Å². The van der Waals surface area contributed by atoms with E-state index in [9.17, 15) is 30.3 Å². The molecule has 0 aliphatic carbocycles. The third-order valence-corrected chi connectivity index (χ3v) is 11.1.